The summed E-state index contributed by atoms with van der Waals surface area (Å²) in [6.45, 7) is 4.08. The van der Waals surface area contributed by atoms with Crippen LogP contribution in [0.2, 0.25) is 0 Å². The van der Waals surface area contributed by atoms with E-state index in [4.69, 9.17) is 3.63 Å². The van der Waals surface area contributed by atoms with Crippen molar-refractivity contribution in [3.05, 3.63) is 90.0 Å². The molecule has 0 aliphatic heterocycles. The summed E-state index contributed by atoms with van der Waals surface area (Å²) in [6.07, 6.45) is 1.44. The molecule has 3 aromatic rings. The van der Waals surface area contributed by atoms with Gasteiger partial charge in [-0.2, -0.15) is 47.9 Å². The molecule has 14 heteroatoms. The van der Waals surface area contributed by atoms with Crippen LogP contribution in [0.25, 0.3) is 0 Å². The zero-order valence-electron chi connectivity index (χ0n) is 26.5. The van der Waals surface area contributed by atoms with Gasteiger partial charge in [-0.1, -0.05) is 94.8 Å². The fourth-order valence-electron chi connectivity index (χ4n) is 5.04. The lowest BCUT2D eigenvalue weighted by Crippen LogP contribution is -2.63. The van der Waals surface area contributed by atoms with Crippen molar-refractivity contribution >= 4 is 20.4 Å². The summed E-state index contributed by atoms with van der Waals surface area (Å²) < 4.78 is 157. The van der Waals surface area contributed by atoms with Crippen LogP contribution in [0.1, 0.15) is 76.3 Å². The zero-order valence-corrected chi connectivity index (χ0v) is 28.2. The first-order valence-electron chi connectivity index (χ1n) is 15.6. The first kappa shape index (κ1) is 39.7. The van der Waals surface area contributed by atoms with Gasteiger partial charge in [-0.3, -0.25) is 0 Å². The lowest BCUT2D eigenvalue weighted by atomic mass is 10.1. The van der Waals surface area contributed by atoms with Gasteiger partial charge in [0.05, 0.1) is 0 Å². The lowest BCUT2D eigenvalue weighted by molar-refractivity contribution is -0.382. The molecule has 0 unspecified atom stereocenters. The molecule has 0 heterocycles. The van der Waals surface area contributed by atoms with Crippen LogP contribution < -0.4 is 0 Å². The maximum absolute atomic E-state index is 15.2. The summed E-state index contributed by atoms with van der Waals surface area (Å²) in [7, 11) is -11.3. The third kappa shape index (κ3) is 8.18. The third-order valence-corrected chi connectivity index (χ3v) is 13.1. The third-order valence-electron chi connectivity index (χ3n) is 7.85. The van der Waals surface area contributed by atoms with Gasteiger partial charge in [-0.15, -0.1) is 0 Å². The SMILES string of the molecule is CCCCCCc1ccc(S(OS(=O)(=O)C(F)(F)C(F)(F)C(F)(F)C(F)(F)F)(c2ccccc2)c2ccc(CCCCCC)cc2)cc1. The van der Waals surface area contributed by atoms with Crippen LogP contribution in [0.15, 0.2) is 93.5 Å². The predicted molar refractivity (Wildman–Crippen MR) is 168 cm³/mol. The average Bonchev–Trinajstić information content (AvgIpc) is 3.04. The van der Waals surface area contributed by atoms with Crippen LogP contribution in [0, 0.1) is 0 Å². The Morgan fingerprint density at radius 3 is 1.29 bits per heavy atom. The summed E-state index contributed by atoms with van der Waals surface area (Å²) in [5.41, 5.74) is 1.56. The maximum atomic E-state index is 15.2. The van der Waals surface area contributed by atoms with E-state index in [1.54, 1.807) is 24.3 Å². The molecule has 3 rings (SSSR count). The minimum absolute atomic E-state index is 0.0908. The number of aryl methyl sites for hydroxylation is 2. The topological polar surface area (TPSA) is 43.4 Å². The highest BCUT2D eigenvalue weighted by molar-refractivity contribution is 8.33. The summed E-state index contributed by atoms with van der Waals surface area (Å²) in [4.78, 5) is -0.291. The molecule has 0 saturated heterocycles. The fraction of sp³-hybridized carbons (Fsp3) is 0.471. The van der Waals surface area contributed by atoms with Crippen molar-refractivity contribution in [3.8, 4) is 0 Å². The highest BCUT2D eigenvalue weighted by Crippen LogP contribution is 2.71. The van der Waals surface area contributed by atoms with Gasteiger partial charge in [0, 0.05) is 14.7 Å². The molecule has 48 heavy (non-hydrogen) atoms. The van der Waals surface area contributed by atoms with Crippen molar-refractivity contribution in [2.75, 3.05) is 0 Å². The smallest absolute Gasteiger partial charge is 0.202 e. The van der Waals surface area contributed by atoms with Crippen LogP contribution >= 0.6 is 10.3 Å². The summed E-state index contributed by atoms with van der Waals surface area (Å²) in [6, 6.07) is 18.6. The normalized spacial score (nSPS) is 13.9. The zero-order chi connectivity index (χ0) is 35.9. The highest BCUT2D eigenvalue weighted by atomic mass is 32.3. The molecule has 0 fully saturated rings. The Labute approximate surface area is 277 Å². The first-order chi connectivity index (χ1) is 22.4. The second-order valence-electron chi connectivity index (χ2n) is 11.5. The van der Waals surface area contributed by atoms with Crippen LogP contribution in [-0.2, 0) is 26.6 Å². The van der Waals surface area contributed by atoms with Gasteiger partial charge >= 0.3 is 33.4 Å². The van der Waals surface area contributed by atoms with E-state index >= 15 is 8.78 Å². The Morgan fingerprint density at radius 2 is 0.917 bits per heavy atom. The van der Waals surface area contributed by atoms with Gasteiger partial charge in [0.2, 0.25) is 0 Å². The van der Waals surface area contributed by atoms with E-state index in [0.717, 1.165) is 62.5 Å². The number of hydrogen-bond donors (Lipinski definition) is 0. The minimum Gasteiger partial charge on any atom is -0.202 e. The van der Waals surface area contributed by atoms with Gasteiger partial charge in [0.25, 0.3) is 0 Å². The van der Waals surface area contributed by atoms with E-state index in [2.05, 4.69) is 0 Å². The Bertz CT molecular complexity index is 1490. The van der Waals surface area contributed by atoms with Crippen molar-refractivity contribution in [2.45, 2.75) is 116 Å². The minimum atomic E-state index is -7.44. The van der Waals surface area contributed by atoms with Crippen LogP contribution in [0.4, 0.5) is 39.5 Å². The Kier molecular flexibility index (Phi) is 13.1. The number of alkyl halides is 9. The molecule has 0 bridgehead atoms. The fourth-order valence-corrected chi connectivity index (χ4v) is 10.2. The second-order valence-corrected chi connectivity index (χ2v) is 16.0. The molecule has 0 saturated carbocycles. The molecule has 0 atom stereocenters. The maximum Gasteiger partial charge on any atom is 0.460 e. The van der Waals surface area contributed by atoms with Crippen molar-refractivity contribution in [2.24, 2.45) is 0 Å². The number of rotatable bonds is 18. The molecule has 0 N–H and O–H groups in total. The monoisotopic (exact) mass is 730 g/mol. The van der Waals surface area contributed by atoms with Crippen molar-refractivity contribution in [1.82, 2.24) is 0 Å². The van der Waals surface area contributed by atoms with E-state index in [1.807, 2.05) is 13.8 Å². The average molecular weight is 731 g/mol. The molecule has 0 aliphatic rings. The van der Waals surface area contributed by atoms with Gasteiger partial charge in [0.15, 0.2) is 0 Å². The predicted octanol–water partition coefficient (Wildman–Crippen LogP) is 11.9. The van der Waals surface area contributed by atoms with Gasteiger partial charge in [-0.05, 0) is 83.5 Å². The molecule has 0 aliphatic carbocycles. The summed E-state index contributed by atoms with van der Waals surface area (Å²) in [5, 5.41) is -7.02. The van der Waals surface area contributed by atoms with Crippen LogP contribution in [-0.4, -0.2) is 31.7 Å². The molecule has 0 amide bonds. The largest absolute Gasteiger partial charge is 0.460 e. The molecular formula is C34H39F9O3S2. The Balaban J connectivity index is 2.25. The van der Waals surface area contributed by atoms with E-state index in [0.29, 0.717) is 12.8 Å². The summed E-state index contributed by atoms with van der Waals surface area (Å²) >= 11 is 0. The highest BCUT2D eigenvalue weighted by Gasteiger charge is 2.86. The molecule has 0 radical (unpaired) electrons. The number of halogens is 9. The van der Waals surface area contributed by atoms with E-state index in [-0.39, 0.29) is 14.7 Å². The first-order valence-corrected chi connectivity index (χ1v) is 18.6. The van der Waals surface area contributed by atoms with Crippen molar-refractivity contribution in [3.63, 3.8) is 0 Å². The molecule has 0 aromatic heterocycles. The van der Waals surface area contributed by atoms with Gasteiger partial charge < -0.3 is 0 Å². The number of hydrogen-bond acceptors (Lipinski definition) is 3. The Morgan fingerprint density at radius 1 is 0.521 bits per heavy atom. The molecule has 3 nitrogen and oxygen atoms in total. The van der Waals surface area contributed by atoms with Crippen molar-refractivity contribution in [1.29, 1.82) is 0 Å². The number of unbranched alkanes of at least 4 members (excludes halogenated alkanes) is 6. The second kappa shape index (κ2) is 15.9. The Hall–Kier alpha value is -2.71. The molecule has 0 spiro atoms. The number of benzene rings is 3. The van der Waals surface area contributed by atoms with Gasteiger partial charge in [-0.25, -0.2) is 3.63 Å². The lowest BCUT2D eigenvalue weighted by Gasteiger charge is -2.41. The van der Waals surface area contributed by atoms with Crippen molar-refractivity contribution < 1.29 is 51.6 Å². The van der Waals surface area contributed by atoms with Gasteiger partial charge in [0.1, 0.15) is 0 Å². The van der Waals surface area contributed by atoms with Crippen LogP contribution in [0.3, 0.4) is 0 Å². The molecule has 268 valence electrons. The van der Waals surface area contributed by atoms with E-state index in [1.165, 1.54) is 54.6 Å². The molecular weight excluding hydrogens is 691 g/mol. The molecule has 3 aromatic carbocycles. The van der Waals surface area contributed by atoms with E-state index in [9.17, 15) is 39.2 Å². The summed E-state index contributed by atoms with van der Waals surface area (Å²) in [5.74, 6) is -14.9. The standard InChI is InChI=1S/C34H39F9O3S2/c1-3-5-7-10-14-26-18-22-29(23-19-26)47(28-16-12-9-13-17-28,30-24-20-27(21-25-30)15-11-8-6-4-2)46-48(44,45)34(42,43)32(37,38)31(35,36)33(39,40)41/h9,12-13,16-25H,3-8,10-11,14-15H2,1-2H3. The van der Waals surface area contributed by atoms with Crippen LogP contribution in [0.5, 0.6) is 0 Å². The van der Waals surface area contributed by atoms with E-state index < -0.39 is 43.7 Å². The quantitative estimate of drug-likeness (QED) is 0.0967.